The Hall–Kier alpha value is -2.38. The zero-order valence-corrected chi connectivity index (χ0v) is 16.3. The van der Waals surface area contributed by atoms with E-state index in [1.54, 1.807) is 13.8 Å². The number of carboxylic acid groups (broad SMARTS) is 2. The Labute approximate surface area is 166 Å². The molecular weight excluding hydrogens is 396 g/mol. The van der Waals surface area contributed by atoms with Gasteiger partial charge in [0.2, 0.25) is 17.7 Å². The van der Waals surface area contributed by atoms with Crippen LogP contribution in [0.3, 0.4) is 0 Å². The van der Waals surface area contributed by atoms with E-state index in [0.29, 0.717) is 0 Å². The minimum absolute atomic E-state index is 0.251. The minimum atomic E-state index is -1.59. The Balaban J connectivity index is 5.34. The molecule has 0 saturated heterocycles. The topological polar surface area (TPSA) is 208 Å². The highest BCUT2D eigenvalue weighted by Crippen LogP contribution is 2.05. The first-order chi connectivity index (χ1) is 12.9. The van der Waals surface area contributed by atoms with Gasteiger partial charge in [0.05, 0.1) is 13.0 Å². The van der Waals surface area contributed by atoms with Crippen molar-refractivity contribution >= 4 is 42.3 Å². The summed E-state index contributed by atoms with van der Waals surface area (Å²) in [7, 11) is 0. The van der Waals surface area contributed by atoms with Gasteiger partial charge in [0.1, 0.15) is 24.2 Å². The van der Waals surface area contributed by atoms with Gasteiger partial charge in [0.15, 0.2) is 0 Å². The molecular formula is C15H26N4O8S. The lowest BCUT2D eigenvalue weighted by Crippen LogP contribution is -2.59. The summed E-state index contributed by atoms with van der Waals surface area (Å²) in [6.45, 7) is 2.52. The van der Waals surface area contributed by atoms with E-state index in [-0.39, 0.29) is 5.75 Å². The summed E-state index contributed by atoms with van der Waals surface area (Å²) in [5, 5.41) is 33.4. The van der Waals surface area contributed by atoms with E-state index in [2.05, 4.69) is 28.6 Å². The molecule has 4 atom stereocenters. The number of hydrogen-bond donors (Lipinski definition) is 8. The first kappa shape index (κ1) is 25.6. The number of nitrogens with two attached hydrogens (primary N) is 1. The molecule has 0 fully saturated rings. The average Bonchev–Trinajstić information content (AvgIpc) is 2.61. The molecule has 0 spiro atoms. The number of thiol groups is 1. The van der Waals surface area contributed by atoms with Crippen LogP contribution in [-0.2, 0) is 24.0 Å². The first-order valence-electron chi connectivity index (χ1n) is 8.27. The number of aliphatic hydroxyl groups excluding tert-OH is 1. The molecule has 0 radical (unpaired) electrons. The van der Waals surface area contributed by atoms with Gasteiger partial charge in [-0.2, -0.15) is 12.6 Å². The number of carboxylic acids is 2. The van der Waals surface area contributed by atoms with Crippen LogP contribution in [-0.4, -0.2) is 81.5 Å². The number of hydrogen-bond acceptors (Lipinski definition) is 8. The summed E-state index contributed by atoms with van der Waals surface area (Å²) in [5.74, 6) is -6.21. The second-order valence-corrected chi connectivity index (χ2v) is 6.63. The number of rotatable bonds is 12. The molecule has 0 saturated carbocycles. The van der Waals surface area contributed by atoms with Crippen molar-refractivity contribution in [3.05, 3.63) is 0 Å². The van der Waals surface area contributed by atoms with Crippen molar-refractivity contribution in [1.29, 1.82) is 0 Å². The van der Waals surface area contributed by atoms with Crippen LogP contribution in [0.2, 0.25) is 0 Å². The third-order valence-electron chi connectivity index (χ3n) is 3.59. The van der Waals surface area contributed by atoms with E-state index < -0.39 is 72.8 Å². The molecule has 28 heavy (non-hydrogen) atoms. The van der Waals surface area contributed by atoms with E-state index in [0.717, 1.165) is 0 Å². The van der Waals surface area contributed by atoms with Crippen molar-refractivity contribution < 1.29 is 39.3 Å². The van der Waals surface area contributed by atoms with E-state index in [4.69, 9.17) is 21.1 Å². The Morgan fingerprint density at radius 3 is 1.86 bits per heavy atom. The van der Waals surface area contributed by atoms with Crippen LogP contribution in [0.5, 0.6) is 0 Å². The zero-order valence-electron chi connectivity index (χ0n) is 15.4. The van der Waals surface area contributed by atoms with Crippen LogP contribution in [0.4, 0.5) is 0 Å². The maximum Gasteiger partial charge on any atom is 0.327 e. The summed E-state index contributed by atoms with van der Waals surface area (Å²) in [5.41, 5.74) is 5.38. The van der Waals surface area contributed by atoms with Gasteiger partial charge < -0.3 is 37.0 Å². The van der Waals surface area contributed by atoms with Gasteiger partial charge in [0.25, 0.3) is 0 Å². The van der Waals surface area contributed by atoms with Crippen LogP contribution < -0.4 is 21.7 Å². The number of nitrogens with one attached hydrogen (secondary N) is 3. The molecule has 0 aliphatic rings. The quantitative estimate of drug-likeness (QED) is 0.150. The normalized spacial score (nSPS) is 15.1. The molecule has 0 aromatic heterocycles. The molecule has 0 rings (SSSR count). The Kier molecular flexibility index (Phi) is 11.1. The molecule has 3 amide bonds. The number of carbonyl (C=O) groups excluding carboxylic acids is 3. The second kappa shape index (κ2) is 12.2. The van der Waals surface area contributed by atoms with Crippen LogP contribution in [0, 0.1) is 5.92 Å². The van der Waals surface area contributed by atoms with Gasteiger partial charge in [-0.25, -0.2) is 4.79 Å². The van der Waals surface area contributed by atoms with Crippen LogP contribution >= 0.6 is 12.6 Å². The van der Waals surface area contributed by atoms with Crippen molar-refractivity contribution in [2.24, 2.45) is 11.7 Å². The fourth-order valence-electron chi connectivity index (χ4n) is 1.98. The van der Waals surface area contributed by atoms with Crippen molar-refractivity contribution in [1.82, 2.24) is 16.0 Å². The number of aliphatic carboxylic acids is 2. The fraction of sp³-hybridized carbons (Fsp3) is 0.667. The first-order valence-corrected chi connectivity index (χ1v) is 8.90. The van der Waals surface area contributed by atoms with Gasteiger partial charge in [-0.1, -0.05) is 13.8 Å². The van der Waals surface area contributed by atoms with Gasteiger partial charge in [-0.15, -0.1) is 0 Å². The number of amides is 3. The molecule has 160 valence electrons. The molecule has 0 aromatic rings. The number of aliphatic hydroxyl groups is 1. The molecule has 0 bridgehead atoms. The summed E-state index contributed by atoms with van der Waals surface area (Å²) < 4.78 is 0. The molecule has 0 aromatic carbocycles. The molecule has 12 nitrogen and oxygen atoms in total. The van der Waals surface area contributed by atoms with E-state index in [9.17, 15) is 24.0 Å². The van der Waals surface area contributed by atoms with Crippen LogP contribution in [0.15, 0.2) is 0 Å². The Morgan fingerprint density at radius 1 is 0.929 bits per heavy atom. The predicted molar refractivity (Wildman–Crippen MR) is 99.4 cm³/mol. The van der Waals surface area contributed by atoms with Crippen molar-refractivity contribution in [2.75, 3.05) is 12.4 Å². The monoisotopic (exact) mass is 422 g/mol. The highest BCUT2D eigenvalue weighted by molar-refractivity contribution is 7.80. The molecule has 8 N–H and O–H groups in total. The third-order valence-corrected chi connectivity index (χ3v) is 3.95. The highest BCUT2D eigenvalue weighted by Gasteiger charge is 2.32. The maximum atomic E-state index is 12.5. The van der Waals surface area contributed by atoms with Gasteiger partial charge in [0, 0.05) is 5.75 Å². The molecule has 4 unspecified atom stereocenters. The SMILES string of the molecule is CC(C)C(NC(=O)C(N)CO)C(=O)NC(CC(=O)O)C(=O)NC(CS)C(=O)O. The molecule has 13 heteroatoms. The van der Waals surface area contributed by atoms with E-state index in [1.165, 1.54) is 0 Å². The average molecular weight is 422 g/mol. The van der Waals surface area contributed by atoms with Crippen molar-refractivity contribution in [2.45, 2.75) is 44.4 Å². The highest BCUT2D eigenvalue weighted by atomic mass is 32.1. The molecule has 0 aliphatic heterocycles. The summed E-state index contributed by atoms with van der Waals surface area (Å²) >= 11 is 3.78. The largest absolute Gasteiger partial charge is 0.481 e. The fourth-order valence-corrected chi connectivity index (χ4v) is 2.23. The standard InChI is InChI=1S/C15H26N4O8S/c1-6(2)11(19-12(23)7(16)4-20)14(25)17-8(3-10(21)22)13(24)18-9(5-28)15(26)27/h6-9,11,20,28H,3-5,16H2,1-2H3,(H,17,25)(H,18,24)(H,19,23)(H,21,22)(H,26,27). The van der Waals surface area contributed by atoms with Crippen LogP contribution in [0.1, 0.15) is 20.3 Å². The lowest BCUT2D eigenvalue weighted by atomic mass is 10.0. The van der Waals surface area contributed by atoms with Crippen molar-refractivity contribution in [3.63, 3.8) is 0 Å². The van der Waals surface area contributed by atoms with Gasteiger partial charge in [-0.3, -0.25) is 19.2 Å². The Bertz CT molecular complexity index is 601. The zero-order chi connectivity index (χ0) is 22.0. The van der Waals surface area contributed by atoms with E-state index in [1.807, 2.05) is 0 Å². The van der Waals surface area contributed by atoms with Gasteiger partial charge >= 0.3 is 11.9 Å². The molecule has 0 heterocycles. The Morgan fingerprint density at radius 2 is 1.46 bits per heavy atom. The third kappa shape index (κ3) is 8.54. The summed E-state index contributed by atoms with van der Waals surface area (Å²) in [6, 6.07) is -5.41. The smallest absolute Gasteiger partial charge is 0.327 e. The predicted octanol–water partition coefficient (Wildman–Crippen LogP) is -3.09. The minimum Gasteiger partial charge on any atom is -0.481 e. The lowest BCUT2D eigenvalue weighted by Gasteiger charge is -2.26. The summed E-state index contributed by atoms with van der Waals surface area (Å²) in [6.07, 6.45) is -0.814. The van der Waals surface area contributed by atoms with Gasteiger partial charge in [-0.05, 0) is 5.92 Å². The summed E-state index contributed by atoms with van der Waals surface area (Å²) in [4.78, 5) is 58.6. The second-order valence-electron chi connectivity index (χ2n) is 6.26. The lowest BCUT2D eigenvalue weighted by molar-refractivity contribution is -0.143. The van der Waals surface area contributed by atoms with Crippen LogP contribution in [0.25, 0.3) is 0 Å². The number of carbonyl (C=O) groups is 5. The maximum absolute atomic E-state index is 12.5. The molecule has 0 aliphatic carbocycles. The van der Waals surface area contributed by atoms with E-state index >= 15 is 0 Å². The van der Waals surface area contributed by atoms with Crippen molar-refractivity contribution in [3.8, 4) is 0 Å².